The molecule has 1 fully saturated rings. The van der Waals surface area contributed by atoms with Crippen molar-refractivity contribution in [3.8, 4) is 5.75 Å². The van der Waals surface area contributed by atoms with Gasteiger partial charge < -0.3 is 15.4 Å². The van der Waals surface area contributed by atoms with Crippen LogP contribution >= 0.6 is 12.4 Å². The van der Waals surface area contributed by atoms with Crippen LogP contribution in [0, 0.1) is 0 Å². The van der Waals surface area contributed by atoms with E-state index < -0.39 is 0 Å². The molecule has 1 aliphatic rings. The molecule has 1 aromatic rings. The Morgan fingerprint density at radius 2 is 2.10 bits per heavy atom. The molecule has 20 heavy (non-hydrogen) atoms. The van der Waals surface area contributed by atoms with Gasteiger partial charge in [-0.3, -0.25) is 4.79 Å². The summed E-state index contributed by atoms with van der Waals surface area (Å²) in [5.74, 6) is 0.917. The van der Waals surface area contributed by atoms with Gasteiger partial charge in [-0.25, -0.2) is 0 Å². The summed E-state index contributed by atoms with van der Waals surface area (Å²) in [6.07, 6.45) is 2.45. The smallest absolute Gasteiger partial charge is 0.224 e. The highest BCUT2D eigenvalue weighted by Gasteiger charge is 2.19. The molecule has 0 spiro atoms. The van der Waals surface area contributed by atoms with E-state index in [2.05, 4.69) is 17.6 Å². The number of halogens is 1. The Morgan fingerprint density at radius 1 is 1.40 bits per heavy atom. The van der Waals surface area contributed by atoms with Crippen molar-refractivity contribution >= 4 is 18.3 Å². The first-order chi connectivity index (χ1) is 9.17. The van der Waals surface area contributed by atoms with Crippen LogP contribution in [0.1, 0.15) is 25.3 Å². The lowest BCUT2D eigenvalue weighted by atomic mass is 10.0. The third-order valence-electron chi connectivity index (χ3n) is 3.51. The maximum atomic E-state index is 12.0. The topological polar surface area (TPSA) is 50.4 Å². The highest BCUT2D eigenvalue weighted by Crippen LogP contribution is 2.12. The minimum absolute atomic E-state index is 0. The predicted molar refractivity (Wildman–Crippen MR) is 82.6 cm³/mol. The second-order valence-electron chi connectivity index (χ2n) is 5.17. The van der Waals surface area contributed by atoms with E-state index in [9.17, 15) is 4.79 Å². The molecule has 0 aliphatic carbocycles. The van der Waals surface area contributed by atoms with Crippen LogP contribution in [-0.2, 0) is 11.2 Å². The Balaban J connectivity index is 0.00000200. The lowest BCUT2D eigenvalue weighted by molar-refractivity contribution is -0.121. The van der Waals surface area contributed by atoms with Gasteiger partial charge in [0.2, 0.25) is 5.91 Å². The average Bonchev–Trinajstić information content (AvgIpc) is 2.39. The minimum atomic E-state index is 0. The number of carbonyl (C=O) groups excluding carboxylic acids is 1. The number of hydrogen-bond acceptors (Lipinski definition) is 3. The standard InChI is InChI=1S/C15H22N2O2.ClH/c1-11-9-13(7-8-16-11)17-15(18)10-12-3-5-14(19-2)6-4-12;/h3-6,11,13,16H,7-10H2,1-2H3,(H,17,18);1H. The van der Waals surface area contributed by atoms with E-state index in [4.69, 9.17) is 4.74 Å². The summed E-state index contributed by atoms with van der Waals surface area (Å²) >= 11 is 0. The van der Waals surface area contributed by atoms with Crippen molar-refractivity contribution in [1.29, 1.82) is 0 Å². The first-order valence-electron chi connectivity index (χ1n) is 6.83. The minimum Gasteiger partial charge on any atom is -0.497 e. The van der Waals surface area contributed by atoms with E-state index in [0.717, 1.165) is 30.7 Å². The van der Waals surface area contributed by atoms with Crippen LogP contribution in [0.4, 0.5) is 0 Å². The number of piperidine rings is 1. The Kier molecular flexibility index (Phi) is 6.82. The predicted octanol–water partition coefficient (Wildman–Crippen LogP) is 1.92. The molecule has 0 saturated carbocycles. The number of amides is 1. The van der Waals surface area contributed by atoms with Gasteiger partial charge in [-0.1, -0.05) is 12.1 Å². The number of carbonyl (C=O) groups is 1. The summed E-state index contributed by atoms with van der Waals surface area (Å²) in [5, 5.41) is 6.50. The maximum Gasteiger partial charge on any atom is 0.224 e. The highest BCUT2D eigenvalue weighted by molar-refractivity contribution is 5.85. The fourth-order valence-corrected chi connectivity index (χ4v) is 2.47. The maximum absolute atomic E-state index is 12.0. The molecule has 5 heteroatoms. The van der Waals surface area contributed by atoms with Crippen molar-refractivity contribution in [3.63, 3.8) is 0 Å². The van der Waals surface area contributed by atoms with E-state index in [1.807, 2.05) is 24.3 Å². The van der Waals surface area contributed by atoms with Crippen LogP contribution in [0.3, 0.4) is 0 Å². The normalized spacial score (nSPS) is 21.7. The van der Waals surface area contributed by atoms with Crippen molar-refractivity contribution in [2.75, 3.05) is 13.7 Å². The Hall–Kier alpha value is -1.26. The lowest BCUT2D eigenvalue weighted by Crippen LogP contribution is -2.46. The molecule has 2 rings (SSSR count). The number of nitrogens with one attached hydrogen (secondary N) is 2. The van der Waals surface area contributed by atoms with Gasteiger partial charge >= 0.3 is 0 Å². The number of rotatable bonds is 4. The van der Waals surface area contributed by atoms with E-state index in [-0.39, 0.29) is 18.3 Å². The third-order valence-corrected chi connectivity index (χ3v) is 3.51. The number of methoxy groups -OCH3 is 1. The summed E-state index contributed by atoms with van der Waals surface area (Å²) in [4.78, 5) is 12.0. The van der Waals surface area contributed by atoms with Crippen LogP contribution in [0.15, 0.2) is 24.3 Å². The average molecular weight is 299 g/mol. The molecule has 1 heterocycles. The number of benzene rings is 1. The van der Waals surface area contributed by atoms with Gasteiger partial charge in [0, 0.05) is 12.1 Å². The van der Waals surface area contributed by atoms with E-state index in [1.165, 1.54) is 0 Å². The van der Waals surface area contributed by atoms with Crippen LogP contribution in [0.2, 0.25) is 0 Å². The molecule has 1 saturated heterocycles. The molecule has 1 amide bonds. The SMILES string of the molecule is COc1ccc(CC(=O)NC2CCNC(C)C2)cc1.Cl. The van der Waals surface area contributed by atoms with Gasteiger partial charge in [0.05, 0.1) is 13.5 Å². The molecule has 0 bridgehead atoms. The first kappa shape index (κ1) is 16.8. The zero-order valence-corrected chi connectivity index (χ0v) is 12.8. The molecule has 0 aromatic heterocycles. The van der Waals surface area contributed by atoms with Crippen molar-refractivity contribution in [3.05, 3.63) is 29.8 Å². The van der Waals surface area contributed by atoms with E-state index >= 15 is 0 Å². The quantitative estimate of drug-likeness (QED) is 0.893. The summed E-state index contributed by atoms with van der Waals surface area (Å²) in [6, 6.07) is 8.43. The molecule has 2 atom stereocenters. The van der Waals surface area contributed by atoms with Crippen LogP contribution in [0.25, 0.3) is 0 Å². The third kappa shape index (κ3) is 5.02. The zero-order chi connectivity index (χ0) is 13.7. The van der Waals surface area contributed by atoms with Gasteiger partial charge in [-0.05, 0) is 44.0 Å². The molecule has 1 aromatic carbocycles. The lowest BCUT2D eigenvalue weighted by Gasteiger charge is -2.28. The van der Waals surface area contributed by atoms with E-state index in [0.29, 0.717) is 18.5 Å². The van der Waals surface area contributed by atoms with Crippen LogP contribution in [-0.4, -0.2) is 31.6 Å². The Bertz CT molecular complexity index is 422. The Labute approximate surface area is 126 Å². The molecule has 4 nitrogen and oxygen atoms in total. The van der Waals surface area contributed by atoms with E-state index in [1.54, 1.807) is 7.11 Å². The summed E-state index contributed by atoms with van der Waals surface area (Å²) in [5.41, 5.74) is 1.01. The summed E-state index contributed by atoms with van der Waals surface area (Å²) in [6.45, 7) is 3.14. The summed E-state index contributed by atoms with van der Waals surface area (Å²) in [7, 11) is 1.64. The van der Waals surface area contributed by atoms with Gasteiger partial charge in [0.15, 0.2) is 0 Å². The monoisotopic (exact) mass is 298 g/mol. The van der Waals surface area contributed by atoms with Gasteiger partial charge in [-0.2, -0.15) is 0 Å². The Morgan fingerprint density at radius 3 is 2.70 bits per heavy atom. The van der Waals surface area contributed by atoms with Crippen LogP contribution < -0.4 is 15.4 Å². The molecular weight excluding hydrogens is 276 g/mol. The van der Waals surface area contributed by atoms with Crippen molar-refractivity contribution in [1.82, 2.24) is 10.6 Å². The molecular formula is C15H23ClN2O2. The summed E-state index contributed by atoms with van der Waals surface area (Å²) < 4.78 is 5.10. The molecule has 112 valence electrons. The highest BCUT2D eigenvalue weighted by atomic mass is 35.5. The largest absolute Gasteiger partial charge is 0.497 e. The van der Waals surface area contributed by atoms with Gasteiger partial charge in [-0.15, -0.1) is 12.4 Å². The molecule has 2 N–H and O–H groups in total. The molecule has 1 aliphatic heterocycles. The zero-order valence-electron chi connectivity index (χ0n) is 12.0. The first-order valence-corrected chi connectivity index (χ1v) is 6.83. The second-order valence-corrected chi connectivity index (χ2v) is 5.17. The molecule has 2 unspecified atom stereocenters. The fourth-order valence-electron chi connectivity index (χ4n) is 2.47. The van der Waals surface area contributed by atoms with Crippen molar-refractivity contribution in [2.45, 2.75) is 38.3 Å². The van der Waals surface area contributed by atoms with Gasteiger partial charge in [0.1, 0.15) is 5.75 Å². The number of hydrogen-bond donors (Lipinski definition) is 2. The number of ether oxygens (including phenoxy) is 1. The van der Waals surface area contributed by atoms with Crippen molar-refractivity contribution < 1.29 is 9.53 Å². The van der Waals surface area contributed by atoms with Crippen molar-refractivity contribution in [2.24, 2.45) is 0 Å². The second kappa shape index (κ2) is 8.12. The van der Waals surface area contributed by atoms with Gasteiger partial charge in [0.25, 0.3) is 0 Å². The fraction of sp³-hybridized carbons (Fsp3) is 0.533. The van der Waals surface area contributed by atoms with Crippen LogP contribution in [0.5, 0.6) is 5.75 Å². The molecule has 0 radical (unpaired) electrons.